The average Bonchev–Trinajstić information content (AvgIpc) is 2.75. The lowest BCUT2D eigenvalue weighted by Gasteiger charge is -2.31. The molecule has 3 N–H and O–H groups in total. The highest BCUT2D eigenvalue weighted by atomic mass is 16.5. The van der Waals surface area contributed by atoms with E-state index in [2.05, 4.69) is 4.98 Å². The molecule has 1 aliphatic rings. The molecule has 2 amide bonds. The number of rotatable bonds is 2. The highest BCUT2D eigenvalue weighted by molar-refractivity contribution is 5.92. The summed E-state index contributed by atoms with van der Waals surface area (Å²) in [6.07, 6.45) is -1.29. The van der Waals surface area contributed by atoms with Gasteiger partial charge in [0, 0.05) is 52.9 Å². The smallest absolute Gasteiger partial charge is 0.270 e. The zero-order valence-electron chi connectivity index (χ0n) is 18.2. The predicted octanol–water partition coefficient (Wildman–Crippen LogP) is -0.397. The van der Waals surface area contributed by atoms with Gasteiger partial charge in [-0.1, -0.05) is 6.07 Å². The molecule has 1 aromatic heterocycles. The lowest BCUT2D eigenvalue weighted by Crippen LogP contribution is -2.48. The second-order valence-electron chi connectivity index (χ2n) is 7.65. The Balaban J connectivity index is 2.14. The van der Waals surface area contributed by atoms with Crippen LogP contribution in [0, 0.1) is 0 Å². The van der Waals surface area contributed by atoms with Crippen LogP contribution in [-0.4, -0.2) is 102 Å². The normalized spacial score (nSPS) is 24.8. The molecule has 2 rings (SSSR count). The first-order chi connectivity index (χ1) is 14.8. The summed E-state index contributed by atoms with van der Waals surface area (Å²) in [6, 6.07) is 4.45. The number of amides is 2. The molecular formula is C21H33N3O7. The third-order valence-corrected chi connectivity index (χ3v) is 5.32. The Morgan fingerprint density at radius 2 is 1.84 bits per heavy atom. The fraction of sp³-hybridized carbons (Fsp3) is 0.667. The number of aromatic amines is 1. The summed E-state index contributed by atoms with van der Waals surface area (Å²) in [4.78, 5) is 42.3. The van der Waals surface area contributed by atoms with E-state index in [0.29, 0.717) is 45.5 Å². The van der Waals surface area contributed by atoms with Gasteiger partial charge in [0.2, 0.25) is 11.5 Å². The van der Waals surface area contributed by atoms with E-state index >= 15 is 0 Å². The van der Waals surface area contributed by atoms with E-state index in [0.717, 1.165) is 0 Å². The maximum absolute atomic E-state index is 12.9. The lowest BCUT2D eigenvalue weighted by atomic mass is 10.1. The van der Waals surface area contributed by atoms with Crippen molar-refractivity contribution in [3.8, 4) is 0 Å². The van der Waals surface area contributed by atoms with Gasteiger partial charge < -0.3 is 34.5 Å². The van der Waals surface area contributed by atoms with Crippen LogP contribution in [0.2, 0.25) is 0 Å². The molecule has 1 saturated heterocycles. The molecule has 0 bridgehead atoms. The minimum Gasteiger partial charge on any atom is -0.388 e. The first-order valence-corrected chi connectivity index (χ1v) is 10.5. The molecule has 0 aliphatic carbocycles. The number of carbonyl (C=O) groups is 2. The Kier molecular flexibility index (Phi) is 10.1. The fourth-order valence-corrected chi connectivity index (χ4v) is 3.48. The van der Waals surface area contributed by atoms with Crippen molar-refractivity contribution >= 4 is 11.8 Å². The van der Waals surface area contributed by atoms with Crippen molar-refractivity contribution in [2.24, 2.45) is 0 Å². The lowest BCUT2D eigenvalue weighted by molar-refractivity contribution is -0.136. The van der Waals surface area contributed by atoms with E-state index in [4.69, 9.17) is 9.47 Å². The molecule has 0 unspecified atom stereocenters. The minimum atomic E-state index is -1.20. The third kappa shape index (κ3) is 7.73. The number of carbonyl (C=O) groups excluding carboxylic acids is 2. The molecule has 2 heterocycles. The summed E-state index contributed by atoms with van der Waals surface area (Å²) in [5.74, 6) is -0.479. The van der Waals surface area contributed by atoms with Gasteiger partial charge in [-0.25, -0.2) is 0 Å². The van der Waals surface area contributed by atoms with Crippen LogP contribution >= 0.6 is 0 Å². The van der Waals surface area contributed by atoms with Crippen LogP contribution in [0.15, 0.2) is 23.0 Å². The van der Waals surface area contributed by atoms with E-state index in [1.807, 2.05) is 0 Å². The van der Waals surface area contributed by atoms with Crippen molar-refractivity contribution in [2.45, 2.75) is 44.5 Å². The molecule has 174 valence electrons. The van der Waals surface area contributed by atoms with Crippen molar-refractivity contribution in [3.05, 3.63) is 34.2 Å². The molecule has 0 spiro atoms. The number of methoxy groups -OCH3 is 1. The molecule has 0 radical (unpaired) electrons. The first-order valence-electron chi connectivity index (χ1n) is 10.5. The molecule has 0 aromatic carbocycles. The number of nitrogens with one attached hydrogen (secondary N) is 1. The molecule has 3 atom stereocenters. The van der Waals surface area contributed by atoms with Gasteiger partial charge in [0.1, 0.15) is 24.0 Å². The molecular weight excluding hydrogens is 406 g/mol. The van der Waals surface area contributed by atoms with Gasteiger partial charge in [0.05, 0.1) is 6.61 Å². The third-order valence-electron chi connectivity index (χ3n) is 5.32. The second-order valence-corrected chi connectivity index (χ2v) is 7.65. The van der Waals surface area contributed by atoms with E-state index in [9.17, 15) is 24.6 Å². The van der Waals surface area contributed by atoms with Crippen LogP contribution < -0.4 is 5.56 Å². The molecule has 1 aromatic rings. The highest BCUT2D eigenvalue weighted by Crippen LogP contribution is 2.11. The summed E-state index contributed by atoms with van der Waals surface area (Å²) >= 11 is 0. The van der Waals surface area contributed by atoms with Gasteiger partial charge in [-0.2, -0.15) is 0 Å². The molecule has 31 heavy (non-hydrogen) atoms. The van der Waals surface area contributed by atoms with Crippen LogP contribution in [0.1, 0.15) is 36.7 Å². The van der Waals surface area contributed by atoms with Crippen LogP contribution in [0.4, 0.5) is 0 Å². The number of H-pyrrole nitrogens is 1. The standard InChI is InChI=1S/C21H33N3O7/c1-15(25)24-11-6-10-23(21(29)16-7-5-8-19(27)22-16)9-3-4-12-31-14-17(26)20(28)18(13-24)30-2/h5,7-8,17-18,20,26,28H,3-4,6,9-14H2,1-2H3,(H,22,27)/t17-,18-,20-/m0/s1. The summed E-state index contributed by atoms with van der Waals surface area (Å²) in [6.45, 7) is 3.03. The summed E-state index contributed by atoms with van der Waals surface area (Å²) in [7, 11) is 1.41. The maximum atomic E-state index is 12.9. The van der Waals surface area contributed by atoms with Crippen molar-refractivity contribution in [2.75, 3.05) is 46.5 Å². The Labute approximate surface area is 181 Å². The Morgan fingerprint density at radius 3 is 2.52 bits per heavy atom. The Bertz CT molecular complexity index is 769. The number of ether oxygens (including phenoxy) is 2. The zero-order chi connectivity index (χ0) is 22.8. The number of hydrogen-bond acceptors (Lipinski definition) is 7. The van der Waals surface area contributed by atoms with Crippen LogP contribution in [0.5, 0.6) is 0 Å². The van der Waals surface area contributed by atoms with Gasteiger partial charge >= 0.3 is 0 Å². The van der Waals surface area contributed by atoms with Crippen LogP contribution in [-0.2, 0) is 14.3 Å². The van der Waals surface area contributed by atoms with Crippen molar-refractivity contribution in [1.82, 2.24) is 14.8 Å². The number of hydrogen-bond donors (Lipinski definition) is 3. The van der Waals surface area contributed by atoms with Crippen LogP contribution in [0.3, 0.4) is 0 Å². The summed E-state index contributed by atoms with van der Waals surface area (Å²) < 4.78 is 10.8. The largest absolute Gasteiger partial charge is 0.388 e. The molecule has 10 nitrogen and oxygen atoms in total. The Hall–Kier alpha value is -2.27. The van der Waals surface area contributed by atoms with E-state index in [-0.39, 0.29) is 36.2 Å². The average molecular weight is 440 g/mol. The minimum absolute atomic E-state index is 0.0605. The van der Waals surface area contributed by atoms with E-state index in [1.54, 1.807) is 11.0 Å². The first kappa shape index (κ1) is 25.0. The van der Waals surface area contributed by atoms with E-state index < -0.39 is 18.3 Å². The van der Waals surface area contributed by atoms with Crippen molar-refractivity contribution in [3.63, 3.8) is 0 Å². The van der Waals surface area contributed by atoms with Gasteiger partial charge in [0.15, 0.2) is 0 Å². The maximum Gasteiger partial charge on any atom is 0.270 e. The number of aliphatic hydroxyl groups excluding tert-OH is 2. The number of aliphatic hydroxyl groups is 2. The molecule has 0 saturated carbocycles. The SMILES string of the molecule is CO[C@H]1CN(C(C)=O)CCCN(C(=O)c2cccc(=O)[nH]2)CCCCOC[C@H](O)[C@@H]1O. The molecule has 1 fully saturated rings. The van der Waals surface area contributed by atoms with Gasteiger partial charge in [-0.3, -0.25) is 14.4 Å². The van der Waals surface area contributed by atoms with Gasteiger partial charge in [-0.15, -0.1) is 0 Å². The fourth-order valence-electron chi connectivity index (χ4n) is 3.48. The number of nitrogens with zero attached hydrogens (tertiary/aromatic N) is 2. The molecule has 10 heteroatoms. The zero-order valence-corrected chi connectivity index (χ0v) is 18.2. The monoisotopic (exact) mass is 439 g/mol. The van der Waals surface area contributed by atoms with Crippen LogP contribution in [0.25, 0.3) is 0 Å². The molecule has 1 aliphatic heterocycles. The summed E-state index contributed by atoms with van der Waals surface area (Å²) in [5, 5.41) is 20.6. The van der Waals surface area contributed by atoms with Crippen molar-refractivity contribution < 1.29 is 29.3 Å². The van der Waals surface area contributed by atoms with Crippen molar-refractivity contribution in [1.29, 1.82) is 0 Å². The quantitative estimate of drug-likeness (QED) is 0.571. The highest BCUT2D eigenvalue weighted by Gasteiger charge is 2.29. The number of pyridine rings is 1. The van der Waals surface area contributed by atoms with E-state index in [1.165, 1.54) is 31.1 Å². The Morgan fingerprint density at radius 1 is 1.13 bits per heavy atom. The predicted molar refractivity (Wildman–Crippen MR) is 113 cm³/mol. The number of aromatic nitrogens is 1. The van der Waals surface area contributed by atoms with Gasteiger partial charge in [0.25, 0.3) is 5.91 Å². The van der Waals surface area contributed by atoms with Gasteiger partial charge in [-0.05, 0) is 25.3 Å². The second kappa shape index (κ2) is 12.6. The summed E-state index contributed by atoms with van der Waals surface area (Å²) in [5.41, 5.74) is -0.126. The topological polar surface area (TPSA) is 132 Å².